The van der Waals surface area contributed by atoms with Gasteiger partial charge < -0.3 is 5.32 Å². The molecule has 16 heavy (non-hydrogen) atoms. The van der Waals surface area contributed by atoms with Crippen LogP contribution in [0.1, 0.15) is 26.7 Å². The molecule has 0 amide bonds. The largest absolute Gasteiger partial charge is 0.367 e. The van der Waals surface area contributed by atoms with Gasteiger partial charge in [-0.3, -0.25) is 10.1 Å². The van der Waals surface area contributed by atoms with Crippen molar-refractivity contribution in [2.75, 3.05) is 5.32 Å². The zero-order chi connectivity index (χ0) is 12.1. The minimum Gasteiger partial charge on any atom is -0.367 e. The second-order valence-electron chi connectivity index (χ2n) is 3.45. The van der Waals surface area contributed by atoms with Crippen LogP contribution in [0.2, 0.25) is 5.15 Å². The van der Waals surface area contributed by atoms with Crippen molar-refractivity contribution in [3.63, 3.8) is 0 Å². The number of nitrogens with zero attached hydrogens (tertiary/aromatic N) is 2. The number of nitrogens with one attached hydrogen (secondary N) is 1. The van der Waals surface area contributed by atoms with Crippen LogP contribution in [0.4, 0.5) is 11.5 Å². The van der Waals surface area contributed by atoms with Gasteiger partial charge in [0, 0.05) is 6.04 Å². The maximum atomic E-state index is 10.6. The van der Waals surface area contributed by atoms with Crippen molar-refractivity contribution in [1.29, 1.82) is 0 Å². The first-order valence-corrected chi connectivity index (χ1v) is 5.53. The van der Waals surface area contributed by atoms with E-state index in [0.29, 0.717) is 5.82 Å². The van der Waals surface area contributed by atoms with Gasteiger partial charge in [-0.05, 0) is 12.8 Å². The van der Waals surface area contributed by atoms with E-state index in [0.717, 1.165) is 12.8 Å². The van der Waals surface area contributed by atoms with Gasteiger partial charge in [-0.25, -0.2) is 4.98 Å². The molecule has 0 saturated heterocycles. The highest BCUT2D eigenvalue weighted by atomic mass is 35.5. The maximum absolute atomic E-state index is 10.6. The van der Waals surface area contributed by atoms with E-state index in [9.17, 15) is 10.1 Å². The Morgan fingerprint density at radius 3 is 2.62 bits per heavy atom. The van der Waals surface area contributed by atoms with Crippen molar-refractivity contribution < 1.29 is 4.92 Å². The molecule has 1 heterocycles. The molecule has 0 aromatic carbocycles. The Morgan fingerprint density at radius 2 is 2.12 bits per heavy atom. The number of nitro groups is 1. The maximum Gasteiger partial charge on any atom is 0.276 e. The summed E-state index contributed by atoms with van der Waals surface area (Å²) in [6.07, 6.45) is 1.86. The van der Waals surface area contributed by atoms with Crippen LogP contribution in [0.25, 0.3) is 0 Å². The van der Waals surface area contributed by atoms with Crippen molar-refractivity contribution in [1.82, 2.24) is 4.98 Å². The highest BCUT2D eigenvalue weighted by Gasteiger charge is 2.12. The van der Waals surface area contributed by atoms with E-state index >= 15 is 0 Å². The summed E-state index contributed by atoms with van der Waals surface area (Å²) in [4.78, 5) is 14.1. The van der Waals surface area contributed by atoms with Crippen LogP contribution in [0, 0.1) is 10.1 Å². The van der Waals surface area contributed by atoms with Gasteiger partial charge in [-0.1, -0.05) is 25.4 Å². The van der Waals surface area contributed by atoms with E-state index in [1.807, 2.05) is 13.8 Å². The Morgan fingerprint density at radius 1 is 1.50 bits per heavy atom. The summed E-state index contributed by atoms with van der Waals surface area (Å²) in [6.45, 7) is 4.08. The molecule has 0 radical (unpaired) electrons. The van der Waals surface area contributed by atoms with Crippen LogP contribution in [0.3, 0.4) is 0 Å². The SMILES string of the molecule is CCC(CC)Nc1cc([N+](=O)[O-])cc(Cl)n1. The van der Waals surface area contributed by atoms with Crippen LogP contribution >= 0.6 is 11.6 Å². The van der Waals surface area contributed by atoms with Crippen LogP contribution in [-0.4, -0.2) is 15.9 Å². The zero-order valence-corrected chi connectivity index (χ0v) is 9.99. The minimum absolute atomic E-state index is 0.0477. The third-order valence-electron chi connectivity index (χ3n) is 2.33. The predicted octanol–water partition coefficient (Wildman–Crippen LogP) is 3.24. The predicted molar refractivity (Wildman–Crippen MR) is 63.9 cm³/mol. The first-order valence-electron chi connectivity index (χ1n) is 5.15. The fraction of sp³-hybridized carbons (Fsp3) is 0.500. The number of rotatable bonds is 5. The molecule has 1 aromatic rings. The van der Waals surface area contributed by atoms with Crippen molar-refractivity contribution in [2.24, 2.45) is 0 Å². The summed E-state index contributed by atoms with van der Waals surface area (Å²) < 4.78 is 0. The summed E-state index contributed by atoms with van der Waals surface area (Å²) in [5.41, 5.74) is -0.0477. The number of anilines is 1. The topological polar surface area (TPSA) is 68.1 Å². The van der Waals surface area contributed by atoms with Gasteiger partial charge in [-0.15, -0.1) is 0 Å². The van der Waals surface area contributed by atoms with E-state index in [4.69, 9.17) is 11.6 Å². The Hall–Kier alpha value is -1.36. The van der Waals surface area contributed by atoms with Crippen LogP contribution in [-0.2, 0) is 0 Å². The second kappa shape index (κ2) is 5.65. The van der Waals surface area contributed by atoms with Crippen LogP contribution < -0.4 is 5.32 Å². The molecule has 0 bridgehead atoms. The van der Waals surface area contributed by atoms with Crippen molar-refractivity contribution in [2.45, 2.75) is 32.7 Å². The molecule has 1 N–H and O–H groups in total. The summed E-state index contributed by atoms with van der Waals surface area (Å²) in [6, 6.07) is 2.88. The summed E-state index contributed by atoms with van der Waals surface area (Å²) >= 11 is 5.71. The summed E-state index contributed by atoms with van der Waals surface area (Å²) in [5.74, 6) is 0.452. The highest BCUT2D eigenvalue weighted by molar-refractivity contribution is 6.29. The van der Waals surface area contributed by atoms with Gasteiger partial charge in [0.1, 0.15) is 11.0 Å². The number of pyridine rings is 1. The first-order chi connectivity index (χ1) is 7.56. The molecule has 0 spiro atoms. The summed E-state index contributed by atoms with van der Waals surface area (Å²) in [7, 11) is 0. The number of halogens is 1. The molecule has 1 rings (SSSR count). The Bertz CT molecular complexity index is 380. The average Bonchev–Trinajstić information content (AvgIpc) is 2.25. The van der Waals surface area contributed by atoms with E-state index in [-0.39, 0.29) is 16.9 Å². The van der Waals surface area contributed by atoms with Crippen molar-refractivity contribution in [3.8, 4) is 0 Å². The van der Waals surface area contributed by atoms with Gasteiger partial charge in [-0.2, -0.15) is 0 Å². The molecule has 0 aliphatic rings. The van der Waals surface area contributed by atoms with E-state index in [2.05, 4.69) is 10.3 Å². The zero-order valence-electron chi connectivity index (χ0n) is 9.24. The van der Waals surface area contributed by atoms with Gasteiger partial charge in [0.2, 0.25) is 0 Å². The van der Waals surface area contributed by atoms with Crippen LogP contribution in [0.15, 0.2) is 12.1 Å². The summed E-state index contributed by atoms with van der Waals surface area (Å²) in [5, 5.41) is 13.9. The molecule has 5 nitrogen and oxygen atoms in total. The fourth-order valence-corrected chi connectivity index (χ4v) is 1.57. The third kappa shape index (κ3) is 3.34. The number of aromatic nitrogens is 1. The minimum atomic E-state index is -0.481. The lowest BCUT2D eigenvalue weighted by atomic mass is 10.2. The Kier molecular flexibility index (Phi) is 4.49. The molecular weight excluding hydrogens is 230 g/mol. The fourth-order valence-electron chi connectivity index (χ4n) is 1.36. The molecule has 0 saturated carbocycles. The number of hydrogen-bond acceptors (Lipinski definition) is 4. The smallest absolute Gasteiger partial charge is 0.276 e. The normalized spacial score (nSPS) is 10.5. The third-order valence-corrected chi connectivity index (χ3v) is 2.52. The second-order valence-corrected chi connectivity index (χ2v) is 3.84. The first kappa shape index (κ1) is 12.7. The highest BCUT2D eigenvalue weighted by Crippen LogP contribution is 2.21. The molecular formula is C10H14ClN3O2. The monoisotopic (exact) mass is 243 g/mol. The van der Waals surface area contributed by atoms with E-state index in [1.165, 1.54) is 12.1 Å². The lowest BCUT2D eigenvalue weighted by molar-refractivity contribution is -0.384. The standard InChI is InChI=1S/C10H14ClN3O2/c1-3-7(4-2)12-10-6-8(14(15)16)5-9(11)13-10/h5-7H,3-4H2,1-2H3,(H,12,13). The van der Waals surface area contributed by atoms with E-state index in [1.54, 1.807) is 0 Å². The molecule has 0 aliphatic heterocycles. The Labute approximate surface area is 99.0 Å². The molecule has 0 atom stereocenters. The molecule has 6 heteroatoms. The van der Waals surface area contributed by atoms with Crippen LogP contribution in [0.5, 0.6) is 0 Å². The quantitative estimate of drug-likeness (QED) is 0.490. The van der Waals surface area contributed by atoms with Gasteiger partial charge in [0.05, 0.1) is 17.1 Å². The van der Waals surface area contributed by atoms with Gasteiger partial charge in [0.25, 0.3) is 5.69 Å². The average molecular weight is 244 g/mol. The van der Waals surface area contributed by atoms with Crippen molar-refractivity contribution in [3.05, 3.63) is 27.4 Å². The van der Waals surface area contributed by atoms with Gasteiger partial charge >= 0.3 is 0 Å². The lowest BCUT2D eigenvalue weighted by Gasteiger charge is -2.15. The Balaban J connectivity index is 2.91. The van der Waals surface area contributed by atoms with Crippen molar-refractivity contribution >= 4 is 23.1 Å². The molecule has 0 aliphatic carbocycles. The molecule has 0 unspecified atom stereocenters. The molecule has 0 fully saturated rings. The number of hydrogen-bond donors (Lipinski definition) is 1. The van der Waals surface area contributed by atoms with E-state index < -0.39 is 4.92 Å². The lowest BCUT2D eigenvalue weighted by Crippen LogP contribution is -2.17. The molecule has 88 valence electrons. The van der Waals surface area contributed by atoms with Gasteiger partial charge in [0.15, 0.2) is 0 Å². The molecule has 1 aromatic heterocycles.